The molecule has 1 aliphatic heterocycles. The molecule has 1 saturated heterocycles. The van der Waals surface area contributed by atoms with Crippen molar-refractivity contribution in [2.24, 2.45) is 0 Å². The van der Waals surface area contributed by atoms with Gasteiger partial charge in [0.05, 0.1) is 5.56 Å². The van der Waals surface area contributed by atoms with Crippen LogP contribution in [0.4, 0.5) is 4.39 Å². The molecule has 0 amide bonds. The Morgan fingerprint density at radius 2 is 2.31 bits per heavy atom. The molecule has 0 saturated carbocycles. The van der Waals surface area contributed by atoms with E-state index >= 15 is 0 Å². The van der Waals surface area contributed by atoms with Gasteiger partial charge in [-0.2, -0.15) is 0 Å². The highest BCUT2D eigenvalue weighted by Crippen LogP contribution is 2.21. The number of nitrogens with one attached hydrogen (secondary N) is 1. The lowest BCUT2D eigenvalue weighted by Crippen LogP contribution is -2.30. The summed E-state index contributed by atoms with van der Waals surface area (Å²) in [5, 5.41) is 12.5. The van der Waals surface area contributed by atoms with Crippen LogP contribution in [0.3, 0.4) is 0 Å². The SMILES string of the molecule is O=Cc1ccc(F)cc1OC1CNCC1O. The predicted molar refractivity (Wildman–Crippen MR) is 55.1 cm³/mol. The van der Waals surface area contributed by atoms with E-state index < -0.39 is 18.0 Å². The van der Waals surface area contributed by atoms with Crippen molar-refractivity contribution in [2.45, 2.75) is 12.2 Å². The lowest BCUT2D eigenvalue weighted by molar-refractivity contribution is 0.0726. The molecule has 1 aromatic carbocycles. The fraction of sp³-hybridized carbons (Fsp3) is 0.364. The van der Waals surface area contributed by atoms with Crippen molar-refractivity contribution in [3.63, 3.8) is 0 Å². The summed E-state index contributed by atoms with van der Waals surface area (Å²) in [6, 6.07) is 3.70. The Bertz CT molecular complexity index is 397. The number of rotatable bonds is 3. The van der Waals surface area contributed by atoms with Gasteiger partial charge in [0.25, 0.3) is 0 Å². The number of ether oxygens (including phenoxy) is 1. The van der Waals surface area contributed by atoms with E-state index in [9.17, 15) is 14.3 Å². The van der Waals surface area contributed by atoms with E-state index in [1.54, 1.807) is 0 Å². The highest BCUT2D eigenvalue weighted by atomic mass is 19.1. The smallest absolute Gasteiger partial charge is 0.153 e. The number of hydrogen-bond acceptors (Lipinski definition) is 4. The van der Waals surface area contributed by atoms with Crippen molar-refractivity contribution in [3.8, 4) is 5.75 Å². The summed E-state index contributed by atoms with van der Waals surface area (Å²) >= 11 is 0. The summed E-state index contributed by atoms with van der Waals surface area (Å²) in [7, 11) is 0. The Morgan fingerprint density at radius 1 is 1.50 bits per heavy atom. The second-order valence-corrected chi connectivity index (χ2v) is 3.68. The van der Waals surface area contributed by atoms with Gasteiger partial charge in [-0.15, -0.1) is 0 Å². The van der Waals surface area contributed by atoms with Crippen molar-refractivity contribution < 1.29 is 19.0 Å². The summed E-state index contributed by atoms with van der Waals surface area (Å²) in [6.45, 7) is 0.923. The molecule has 2 unspecified atom stereocenters. The fourth-order valence-corrected chi connectivity index (χ4v) is 1.63. The van der Waals surface area contributed by atoms with Gasteiger partial charge < -0.3 is 15.2 Å². The summed E-state index contributed by atoms with van der Waals surface area (Å²) < 4.78 is 18.4. The lowest BCUT2D eigenvalue weighted by Gasteiger charge is -2.17. The maximum atomic E-state index is 13.0. The molecular formula is C11H12FNO3. The largest absolute Gasteiger partial charge is 0.485 e. The number of aliphatic hydroxyl groups excluding tert-OH is 1. The van der Waals surface area contributed by atoms with Crippen molar-refractivity contribution in [3.05, 3.63) is 29.6 Å². The Balaban J connectivity index is 2.19. The topological polar surface area (TPSA) is 58.6 Å². The number of aldehydes is 1. The van der Waals surface area contributed by atoms with Crippen LogP contribution in [0.15, 0.2) is 18.2 Å². The molecule has 86 valence electrons. The first kappa shape index (κ1) is 11.0. The summed E-state index contributed by atoms with van der Waals surface area (Å²) in [6.07, 6.45) is -0.480. The predicted octanol–water partition coefficient (Wildman–Crippen LogP) is 0.350. The van der Waals surface area contributed by atoms with Gasteiger partial charge in [-0.1, -0.05) is 0 Å². The molecule has 1 aromatic rings. The van der Waals surface area contributed by atoms with Crippen molar-refractivity contribution in [1.82, 2.24) is 5.32 Å². The first-order valence-corrected chi connectivity index (χ1v) is 5.01. The molecule has 2 atom stereocenters. The molecule has 16 heavy (non-hydrogen) atoms. The molecule has 0 bridgehead atoms. The van der Waals surface area contributed by atoms with E-state index in [1.165, 1.54) is 12.1 Å². The van der Waals surface area contributed by atoms with Gasteiger partial charge in [-0.05, 0) is 12.1 Å². The Morgan fingerprint density at radius 3 is 2.94 bits per heavy atom. The first-order valence-electron chi connectivity index (χ1n) is 5.01. The zero-order valence-corrected chi connectivity index (χ0v) is 8.52. The molecule has 0 aromatic heterocycles. The molecule has 1 fully saturated rings. The molecule has 0 radical (unpaired) electrons. The molecule has 2 N–H and O–H groups in total. The first-order chi connectivity index (χ1) is 7.70. The number of carbonyl (C=O) groups excluding carboxylic acids is 1. The molecule has 1 heterocycles. The third-order valence-electron chi connectivity index (χ3n) is 2.51. The van der Waals surface area contributed by atoms with Gasteiger partial charge in [0, 0.05) is 19.2 Å². The summed E-state index contributed by atoms with van der Waals surface area (Å²) in [4.78, 5) is 10.7. The average molecular weight is 225 g/mol. The van der Waals surface area contributed by atoms with Crippen LogP contribution in [0, 0.1) is 5.82 Å². The van der Waals surface area contributed by atoms with Crippen LogP contribution in [0.25, 0.3) is 0 Å². The Hall–Kier alpha value is -1.46. The average Bonchev–Trinajstić information content (AvgIpc) is 2.65. The molecule has 5 heteroatoms. The second kappa shape index (κ2) is 4.59. The number of carbonyl (C=O) groups is 1. The lowest BCUT2D eigenvalue weighted by atomic mass is 10.2. The van der Waals surface area contributed by atoms with E-state index in [1.807, 2.05) is 0 Å². The minimum absolute atomic E-state index is 0.169. The van der Waals surface area contributed by atoms with E-state index in [-0.39, 0.29) is 11.3 Å². The standard InChI is InChI=1S/C11H12FNO3/c12-8-2-1-7(6-14)10(3-8)16-11-5-13-4-9(11)15/h1-3,6,9,11,13,15H,4-5H2. The van der Waals surface area contributed by atoms with Crippen LogP contribution < -0.4 is 10.1 Å². The van der Waals surface area contributed by atoms with Crippen LogP contribution in [0.2, 0.25) is 0 Å². The number of hydrogen-bond donors (Lipinski definition) is 2. The molecular weight excluding hydrogens is 213 g/mol. The number of benzene rings is 1. The quantitative estimate of drug-likeness (QED) is 0.729. The zero-order chi connectivity index (χ0) is 11.5. The van der Waals surface area contributed by atoms with Crippen molar-refractivity contribution in [2.75, 3.05) is 13.1 Å². The van der Waals surface area contributed by atoms with Gasteiger partial charge in [0.2, 0.25) is 0 Å². The molecule has 0 aliphatic carbocycles. The summed E-state index contributed by atoms with van der Waals surface area (Å²) in [5.41, 5.74) is 0.278. The van der Waals surface area contributed by atoms with E-state index in [2.05, 4.69) is 5.32 Å². The van der Waals surface area contributed by atoms with Gasteiger partial charge >= 0.3 is 0 Å². The maximum absolute atomic E-state index is 13.0. The zero-order valence-electron chi connectivity index (χ0n) is 8.52. The maximum Gasteiger partial charge on any atom is 0.153 e. The van der Waals surface area contributed by atoms with Gasteiger partial charge in [-0.3, -0.25) is 4.79 Å². The van der Waals surface area contributed by atoms with E-state index in [0.717, 1.165) is 6.07 Å². The third-order valence-corrected chi connectivity index (χ3v) is 2.51. The monoisotopic (exact) mass is 225 g/mol. The van der Waals surface area contributed by atoms with Crippen molar-refractivity contribution >= 4 is 6.29 Å². The molecule has 0 spiro atoms. The van der Waals surface area contributed by atoms with Gasteiger partial charge in [0.15, 0.2) is 6.29 Å². The van der Waals surface area contributed by atoms with Crippen molar-refractivity contribution in [1.29, 1.82) is 0 Å². The molecule has 4 nitrogen and oxygen atoms in total. The highest BCUT2D eigenvalue weighted by molar-refractivity contribution is 5.79. The van der Waals surface area contributed by atoms with Gasteiger partial charge in [-0.25, -0.2) is 4.39 Å². The van der Waals surface area contributed by atoms with E-state index in [0.29, 0.717) is 19.4 Å². The minimum Gasteiger partial charge on any atom is -0.485 e. The highest BCUT2D eigenvalue weighted by Gasteiger charge is 2.27. The Kier molecular flexibility index (Phi) is 3.17. The fourth-order valence-electron chi connectivity index (χ4n) is 1.63. The van der Waals surface area contributed by atoms with E-state index in [4.69, 9.17) is 4.74 Å². The van der Waals surface area contributed by atoms with Crippen LogP contribution in [0.1, 0.15) is 10.4 Å². The molecule has 1 aliphatic rings. The minimum atomic E-state index is -0.636. The Labute approximate surface area is 92.0 Å². The summed E-state index contributed by atoms with van der Waals surface area (Å²) in [5.74, 6) is -0.302. The number of aliphatic hydroxyl groups is 1. The normalized spacial score (nSPS) is 24.4. The third kappa shape index (κ3) is 2.20. The number of halogens is 1. The van der Waals surface area contributed by atoms with Crippen LogP contribution in [-0.4, -0.2) is 36.7 Å². The van der Waals surface area contributed by atoms with Crippen LogP contribution in [0.5, 0.6) is 5.75 Å². The number of β-amino-alcohol motifs (C(OH)–C–C–N with tert-alkyl or cyclic N) is 1. The van der Waals surface area contributed by atoms with Crippen LogP contribution >= 0.6 is 0 Å². The second-order valence-electron chi connectivity index (χ2n) is 3.68. The van der Waals surface area contributed by atoms with Crippen LogP contribution in [-0.2, 0) is 0 Å². The van der Waals surface area contributed by atoms with Gasteiger partial charge in [0.1, 0.15) is 23.8 Å². The molecule has 2 rings (SSSR count).